The van der Waals surface area contributed by atoms with Crippen molar-refractivity contribution in [3.63, 3.8) is 0 Å². The monoisotopic (exact) mass is 430 g/mol. The molecule has 1 heterocycles. The molecular formula is C24H18N2O4S. The summed E-state index contributed by atoms with van der Waals surface area (Å²) < 4.78 is 6.00. The number of para-hydroxylation sites is 1. The number of carboxylic acid groups (broad SMARTS) is 1. The molecule has 0 atom stereocenters. The molecule has 2 N–H and O–H groups in total. The number of carboxylic acids is 1. The molecule has 3 aromatic carbocycles. The number of benzene rings is 3. The average molecular weight is 430 g/mol. The van der Waals surface area contributed by atoms with Gasteiger partial charge in [0.25, 0.3) is 5.22 Å². The summed E-state index contributed by atoms with van der Waals surface area (Å²) in [7, 11) is 0. The van der Waals surface area contributed by atoms with Crippen molar-refractivity contribution in [1.82, 2.24) is 4.98 Å². The highest BCUT2D eigenvalue weighted by molar-refractivity contribution is 7.99. The van der Waals surface area contributed by atoms with Gasteiger partial charge < -0.3 is 14.8 Å². The predicted molar refractivity (Wildman–Crippen MR) is 120 cm³/mol. The van der Waals surface area contributed by atoms with E-state index in [0.717, 1.165) is 22.9 Å². The van der Waals surface area contributed by atoms with E-state index in [2.05, 4.69) is 10.3 Å². The zero-order chi connectivity index (χ0) is 21.6. The van der Waals surface area contributed by atoms with Crippen LogP contribution in [0.25, 0.3) is 22.6 Å². The third-order valence-electron chi connectivity index (χ3n) is 4.45. The number of anilines is 1. The first-order valence-corrected chi connectivity index (χ1v) is 10.5. The van der Waals surface area contributed by atoms with Crippen LogP contribution in [-0.4, -0.2) is 27.7 Å². The van der Waals surface area contributed by atoms with Crippen molar-refractivity contribution >= 4 is 29.3 Å². The number of aromatic carboxylic acids is 1. The lowest BCUT2D eigenvalue weighted by molar-refractivity contribution is -0.113. The Morgan fingerprint density at radius 2 is 1.48 bits per heavy atom. The van der Waals surface area contributed by atoms with Gasteiger partial charge in [0.05, 0.1) is 17.0 Å². The Morgan fingerprint density at radius 3 is 2.16 bits per heavy atom. The lowest BCUT2D eigenvalue weighted by Gasteiger charge is -2.07. The van der Waals surface area contributed by atoms with Gasteiger partial charge in [0, 0.05) is 11.1 Å². The minimum Gasteiger partial charge on any atom is -0.478 e. The number of hydrogen-bond acceptors (Lipinski definition) is 5. The van der Waals surface area contributed by atoms with E-state index in [1.807, 2.05) is 60.7 Å². The van der Waals surface area contributed by atoms with Crippen molar-refractivity contribution in [2.75, 3.05) is 11.1 Å². The molecule has 0 spiro atoms. The zero-order valence-corrected chi connectivity index (χ0v) is 17.1. The van der Waals surface area contributed by atoms with E-state index in [1.165, 1.54) is 6.07 Å². The fraction of sp³-hybridized carbons (Fsp3) is 0.0417. The van der Waals surface area contributed by atoms with E-state index in [4.69, 9.17) is 4.42 Å². The van der Waals surface area contributed by atoms with Gasteiger partial charge in [0.1, 0.15) is 5.69 Å². The van der Waals surface area contributed by atoms with Gasteiger partial charge in [-0.3, -0.25) is 4.79 Å². The Balaban J connectivity index is 1.54. The second-order valence-corrected chi connectivity index (χ2v) is 7.50. The van der Waals surface area contributed by atoms with Crippen LogP contribution in [0.2, 0.25) is 0 Å². The first-order chi connectivity index (χ1) is 15.1. The van der Waals surface area contributed by atoms with E-state index < -0.39 is 5.97 Å². The van der Waals surface area contributed by atoms with Gasteiger partial charge in [0.15, 0.2) is 5.76 Å². The number of carbonyl (C=O) groups excluding carboxylic acids is 1. The van der Waals surface area contributed by atoms with Crippen LogP contribution >= 0.6 is 11.8 Å². The van der Waals surface area contributed by atoms with Gasteiger partial charge in [0.2, 0.25) is 5.91 Å². The molecule has 0 aliphatic heterocycles. The lowest BCUT2D eigenvalue weighted by atomic mass is 10.1. The van der Waals surface area contributed by atoms with Crippen molar-refractivity contribution in [2.45, 2.75) is 5.22 Å². The fourth-order valence-electron chi connectivity index (χ4n) is 3.03. The van der Waals surface area contributed by atoms with Crippen molar-refractivity contribution in [2.24, 2.45) is 0 Å². The number of nitrogens with one attached hydrogen (secondary N) is 1. The summed E-state index contributed by atoms with van der Waals surface area (Å²) in [5, 5.41) is 12.3. The summed E-state index contributed by atoms with van der Waals surface area (Å²) >= 11 is 1.15. The highest BCUT2D eigenvalue weighted by Gasteiger charge is 2.18. The maximum atomic E-state index is 12.4. The molecule has 0 radical (unpaired) electrons. The summed E-state index contributed by atoms with van der Waals surface area (Å²) in [6.45, 7) is 0. The minimum atomic E-state index is -1.10. The second kappa shape index (κ2) is 9.32. The summed E-state index contributed by atoms with van der Waals surface area (Å²) in [6.07, 6.45) is 0. The van der Waals surface area contributed by atoms with Gasteiger partial charge >= 0.3 is 5.97 Å². The van der Waals surface area contributed by atoms with Crippen LogP contribution in [0.15, 0.2) is 94.6 Å². The van der Waals surface area contributed by atoms with E-state index >= 15 is 0 Å². The highest BCUT2D eigenvalue weighted by atomic mass is 32.2. The Labute approximate surface area is 183 Å². The molecule has 0 bridgehead atoms. The first kappa shape index (κ1) is 20.4. The number of amides is 1. The van der Waals surface area contributed by atoms with Crippen LogP contribution in [-0.2, 0) is 4.79 Å². The van der Waals surface area contributed by atoms with E-state index in [1.54, 1.807) is 18.2 Å². The molecule has 31 heavy (non-hydrogen) atoms. The largest absolute Gasteiger partial charge is 0.478 e. The van der Waals surface area contributed by atoms with Gasteiger partial charge in [-0.2, -0.15) is 0 Å². The molecule has 1 amide bonds. The van der Waals surface area contributed by atoms with Gasteiger partial charge in [-0.05, 0) is 12.1 Å². The zero-order valence-electron chi connectivity index (χ0n) is 16.3. The number of oxazole rings is 1. The number of thioether (sulfide) groups is 1. The van der Waals surface area contributed by atoms with E-state index in [9.17, 15) is 14.7 Å². The third kappa shape index (κ3) is 4.84. The maximum Gasteiger partial charge on any atom is 0.337 e. The van der Waals surface area contributed by atoms with Crippen molar-refractivity contribution in [1.29, 1.82) is 0 Å². The quantitative estimate of drug-likeness (QED) is 0.380. The van der Waals surface area contributed by atoms with Crippen LogP contribution < -0.4 is 5.32 Å². The molecule has 6 nitrogen and oxygen atoms in total. The maximum absolute atomic E-state index is 12.4. The van der Waals surface area contributed by atoms with Crippen LogP contribution in [0, 0.1) is 0 Å². The molecule has 0 aliphatic carbocycles. The lowest BCUT2D eigenvalue weighted by Crippen LogP contribution is -2.16. The standard InChI is InChI=1S/C24H18N2O4S/c27-20(25-19-14-8-7-13-18(19)23(28)29)15-31-24-26-21(16-9-3-1-4-10-16)22(30-24)17-11-5-2-6-12-17/h1-14H,15H2,(H,25,27)(H,28,29). The van der Waals surface area contributed by atoms with Crippen molar-refractivity contribution in [3.05, 3.63) is 90.5 Å². The Bertz CT molecular complexity index is 1150. The highest BCUT2D eigenvalue weighted by Crippen LogP contribution is 2.35. The topological polar surface area (TPSA) is 92.4 Å². The predicted octanol–water partition coefficient (Wildman–Crippen LogP) is 5.44. The molecular weight excluding hydrogens is 412 g/mol. The Kier molecular flexibility index (Phi) is 6.14. The number of hydrogen-bond donors (Lipinski definition) is 2. The molecule has 154 valence electrons. The number of nitrogens with zero attached hydrogens (tertiary/aromatic N) is 1. The van der Waals surface area contributed by atoms with Gasteiger partial charge in [-0.1, -0.05) is 84.6 Å². The minimum absolute atomic E-state index is 0.0247. The molecule has 4 rings (SSSR count). The van der Waals surface area contributed by atoms with Crippen LogP contribution in [0.1, 0.15) is 10.4 Å². The number of rotatable bonds is 7. The average Bonchev–Trinajstić information content (AvgIpc) is 3.23. The Hall–Kier alpha value is -3.84. The molecule has 7 heteroatoms. The van der Waals surface area contributed by atoms with Crippen LogP contribution in [0.3, 0.4) is 0 Å². The normalized spacial score (nSPS) is 10.6. The van der Waals surface area contributed by atoms with E-state index in [-0.39, 0.29) is 22.9 Å². The molecule has 0 saturated heterocycles. The van der Waals surface area contributed by atoms with E-state index in [0.29, 0.717) is 16.7 Å². The van der Waals surface area contributed by atoms with Gasteiger partial charge in [-0.15, -0.1) is 0 Å². The number of aromatic nitrogens is 1. The molecule has 4 aromatic rings. The van der Waals surface area contributed by atoms with Gasteiger partial charge in [-0.25, -0.2) is 9.78 Å². The molecule has 0 aliphatic rings. The summed E-state index contributed by atoms with van der Waals surface area (Å²) in [4.78, 5) is 28.3. The smallest absolute Gasteiger partial charge is 0.337 e. The van der Waals surface area contributed by atoms with Crippen LogP contribution in [0.5, 0.6) is 0 Å². The molecule has 0 fully saturated rings. The molecule has 1 aromatic heterocycles. The first-order valence-electron chi connectivity index (χ1n) is 9.48. The second-order valence-electron chi connectivity index (χ2n) is 6.58. The number of carbonyl (C=O) groups is 2. The summed E-state index contributed by atoms with van der Waals surface area (Å²) in [5.41, 5.74) is 2.79. The summed E-state index contributed by atoms with van der Waals surface area (Å²) in [6, 6.07) is 25.6. The summed E-state index contributed by atoms with van der Waals surface area (Å²) in [5.74, 6) is -0.793. The Morgan fingerprint density at radius 1 is 0.871 bits per heavy atom. The van der Waals surface area contributed by atoms with Crippen molar-refractivity contribution in [3.8, 4) is 22.6 Å². The fourth-order valence-corrected chi connectivity index (χ4v) is 3.66. The molecule has 0 unspecified atom stereocenters. The van der Waals surface area contributed by atoms with Crippen molar-refractivity contribution < 1.29 is 19.1 Å². The molecule has 0 saturated carbocycles. The SMILES string of the molecule is O=C(CSc1nc(-c2ccccc2)c(-c2ccccc2)o1)Nc1ccccc1C(=O)O. The third-order valence-corrected chi connectivity index (χ3v) is 5.28. The van der Waals surface area contributed by atoms with Crippen LogP contribution in [0.4, 0.5) is 5.69 Å².